The molecule has 0 bridgehead atoms. The van der Waals surface area contributed by atoms with Crippen molar-refractivity contribution in [2.24, 2.45) is 0 Å². The van der Waals surface area contributed by atoms with E-state index in [1.807, 2.05) is 0 Å². The van der Waals surface area contributed by atoms with Gasteiger partial charge in [0.2, 0.25) is 0 Å². The van der Waals surface area contributed by atoms with E-state index in [-0.39, 0.29) is 0 Å². The van der Waals surface area contributed by atoms with Crippen LogP contribution in [0.1, 0.15) is 19.3 Å². The minimum absolute atomic E-state index is 0.927. The van der Waals surface area contributed by atoms with E-state index in [1.165, 1.54) is 18.5 Å². The molecule has 3 heteroatoms. The van der Waals surface area contributed by atoms with E-state index < -0.39 is 0 Å². The van der Waals surface area contributed by atoms with Gasteiger partial charge in [0.25, 0.3) is 0 Å². The lowest BCUT2D eigenvalue weighted by Gasteiger charge is -2.36. The molecule has 1 aromatic rings. The Morgan fingerprint density at radius 2 is 1.83 bits per heavy atom. The largest absolute Gasteiger partial charge is 0.497 e. The molecule has 1 fully saturated rings. The smallest absolute Gasteiger partial charge is 0.119 e. The fraction of sp³-hybridized carbons (Fsp3) is 0.429. The van der Waals surface area contributed by atoms with Crippen LogP contribution in [0.25, 0.3) is 0 Å². The third-order valence-corrected chi connectivity index (χ3v) is 5.43. The second-order valence-corrected chi connectivity index (χ2v) is 6.84. The quantitative estimate of drug-likeness (QED) is 0.839. The van der Waals surface area contributed by atoms with Crippen molar-refractivity contribution in [3.05, 3.63) is 59.2 Å². The van der Waals surface area contributed by atoms with E-state index in [0.717, 1.165) is 44.9 Å². The summed E-state index contributed by atoms with van der Waals surface area (Å²) in [5, 5.41) is 0. The molecule has 126 valence electrons. The second-order valence-electron chi connectivity index (χ2n) is 6.84. The highest BCUT2D eigenvalue weighted by molar-refractivity contribution is 5.51. The summed E-state index contributed by atoms with van der Waals surface area (Å²) < 4.78 is 5.25. The standard InChI is InChI=1S/C21H26N2O/c1-24-20-10-8-19(9-11-20)23-14-12-22(13-15-23)16-18-7-6-17-4-2-3-5-21(17)18/h2,4,7-11H,3,5-6,12-16H2,1H3. The number of hydrogen-bond acceptors (Lipinski definition) is 3. The van der Waals surface area contributed by atoms with E-state index >= 15 is 0 Å². The van der Waals surface area contributed by atoms with Gasteiger partial charge < -0.3 is 9.64 Å². The molecule has 3 aliphatic rings. The van der Waals surface area contributed by atoms with E-state index in [0.29, 0.717) is 0 Å². The zero-order valence-electron chi connectivity index (χ0n) is 14.5. The fourth-order valence-electron chi connectivity index (χ4n) is 3.99. The van der Waals surface area contributed by atoms with E-state index in [9.17, 15) is 0 Å². The molecule has 0 spiro atoms. The summed E-state index contributed by atoms with van der Waals surface area (Å²) in [4.78, 5) is 5.09. The summed E-state index contributed by atoms with van der Waals surface area (Å²) >= 11 is 0. The van der Waals surface area contributed by atoms with E-state index in [4.69, 9.17) is 4.74 Å². The predicted octanol–water partition coefficient (Wildman–Crippen LogP) is 3.79. The zero-order chi connectivity index (χ0) is 16.4. The molecule has 1 heterocycles. The summed E-state index contributed by atoms with van der Waals surface area (Å²) in [6.45, 7) is 5.61. The van der Waals surface area contributed by atoms with Gasteiger partial charge in [-0.1, -0.05) is 18.2 Å². The first-order valence-corrected chi connectivity index (χ1v) is 9.03. The fourth-order valence-corrected chi connectivity index (χ4v) is 3.99. The molecule has 0 N–H and O–H groups in total. The van der Waals surface area contributed by atoms with Gasteiger partial charge in [0.15, 0.2) is 0 Å². The van der Waals surface area contributed by atoms with Gasteiger partial charge in [-0.05, 0) is 60.2 Å². The molecule has 1 saturated heterocycles. The van der Waals surface area contributed by atoms with E-state index in [2.05, 4.69) is 52.3 Å². The molecule has 0 aromatic heterocycles. The number of methoxy groups -OCH3 is 1. The topological polar surface area (TPSA) is 15.7 Å². The number of rotatable bonds is 4. The maximum Gasteiger partial charge on any atom is 0.119 e. The second kappa shape index (κ2) is 6.86. The lowest BCUT2D eigenvalue weighted by atomic mass is 9.95. The molecule has 0 radical (unpaired) electrons. The third kappa shape index (κ3) is 3.13. The Hall–Kier alpha value is -2.00. The minimum atomic E-state index is 0.927. The van der Waals surface area contributed by atoms with Crippen LogP contribution in [0.4, 0.5) is 5.69 Å². The molecule has 1 aliphatic heterocycles. The molecule has 0 saturated carbocycles. The van der Waals surface area contributed by atoms with Gasteiger partial charge in [-0.25, -0.2) is 0 Å². The van der Waals surface area contributed by atoms with Crippen molar-refractivity contribution in [3.63, 3.8) is 0 Å². The van der Waals surface area contributed by atoms with Gasteiger partial charge in [-0.15, -0.1) is 0 Å². The average molecular weight is 322 g/mol. The molecular formula is C21H26N2O. The van der Waals surface area contributed by atoms with Crippen molar-refractivity contribution in [1.82, 2.24) is 4.90 Å². The summed E-state index contributed by atoms with van der Waals surface area (Å²) in [5.74, 6) is 0.927. The highest BCUT2D eigenvalue weighted by Crippen LogP contribution is 2.34. The van der Waals surface area contributed by atoms with Crippen LogP contribution in [0.3, 0.4) is 0 Å². The third-order valence-electron chi connectivity index (χ3n) is 5.43. The lowest BCUT2D eigenvalue weighted by molar-refractivity contribution is 0.279. The van der Waals surface area contributed by atoms with Crippen molar-refractivity contribution in [3.8, 4) is 5.75 Å². The zero-order valence-corrected chi connectivity index (χ0v) is 14.5. The Bertz CT molecular complexity index is 676. The lowest BCUT2D eigenvalue weighted by Crippen LogP contribution is -2.47. The van der Waals surface area contributed by atoms with Crippen LogP contribution < -0.4 is 9.64 Å². The Morgan fingerprint density at radius 1 is 1.04 bits per heavy atom. The van der Waals surface area contributed by atoms with Gasteiger partial charge in [0, 0.05) is 38.4 Å². The molecule has 0 unspecified atom stereocenters. The van der Waals surface area contributed by atoms with Crippen molar-refractivity contribution in [2.45, 2.75) is 19.3 Å². The maximum atomic E-state index is 5.25. The first-order valence-electron chi connectivity index (χ1n) is 9.03. The van der Waals surface area contributed by atoms with Crippen molar-refractivity contribution in [2.75, 3.05) is 44.7 Å². The Labute approximate surface area is 144 Å². The average Bonchev–Trinajstić information content (AvgIpc) is 3.06. The summed E-state index contributed by atoms with van der Waals surface area (Å²) in [6, 6.07) is 8.43. The van der Waals surface area contributed by atoms with Crippen molar-refractivity contribution in [1.29, 1.82) is 0 Å². The number of allylic oxidation sites excluding steroid dienone is 4. The van der Waals surface area contributed by atoms with Crippen LogP contribution in [0, 0.1) is 0 Å². The number of anilines is 1. The van der Waals surface area contributed by atoms with Crippen LogP contribution in [0.15, 0.2) is 59.2 Å². The Kier molecular flexibility index (Phi) is 4.44. The Balaban J connectivity index is 1.33. The molecular weight excluding hydrogens is 296 g/mol. The molecule has 2 aliphatic carbocycles. The van der Waals surface area contributed by atoms with Gasteiger partial charge in [0.1, 0.15) is 5.75 Å². The number of nitrogens with zero attached hydrogens (tertiary/aromatic N) is 2. The molecule has 0 atom stereocenters. The van der Waals surface area contributed by atoms with Crippen LogP contribution in [-0.4, -0.2) is 44.7 Å². The van der Waals surface area contributed by atoms with Crippen LogP contribution in [0.5, 0.6) is 5.75 Å². The van der Waals surface area contributed by atoms with Crippen LogP contribution in [-0.2, 0) is 0 Å². The van der Waals surface area contributed by atoms with Gasteiger partial charge in [-0.2, -0.15) is 0 Å². The highest BCUT2D eigenvalue weighted by atomic mass is 16.5. The van der Waals surface area contributed by atoms with Crippen LogP contribution in [0.2, 0.25) is 0 Å². The SMILES string of the molecule is COc1ccc(N2CCN(CC3=CCC4=C3CCC=C4)CC2)cc1. The first-order chi connectivity index (χ1) is 11.8. The summed E-state index contributed by atoms with van der Waals surface area (Å²) in [7, 11) is 1.72. The van der Waals surface area contributed by atoms with Gasteiger partial charge in [0.05, 0.1) is 7.11 Å². The Morgan fingerprint density at radius 3 is 2.58 bits per heavy atom. The molecule has 3 nitrogen and oxygen atoms in total. The van der Waals surface area contributed by atoms with Crippen molar-refractivity contribution >= 4 is 5.69 Å². The number of benzene rings is 1. The normalized spacial score (nSPS) is 21.0. The highest BCUT2D eigenvalue weighted by Gasteiger charge is 2.22. The summed E-state index contributed by atoms with van der Waals surface area (Å²) in [6.07, 6.45) is 10.7. The molecule has 1 aromatic carbocycles. The minimum Gasteiger partial charge on any atom is -0.497 e. The maximum absolute atomic E-state index is 5.25. The molecule has 24 heavy (non-hydrogen) atoms. The first kappa shape index (κ1) is 15.5. The number of hydrogen-bond donors (Lipinski definition) is 0. The van der Waals surface area contributed by atoms with Crippen LogP contribution >= 0.6 is 0 Å². The molecule has 4 rings (SSSR count). The van der Waals surface area contributed by atoms with Crippen molar-refractivity contribution < 1.29 is 4.74 Å². The number of ether oxygens (including phenoxy) is 1. The summed E-state index contributed by atoms with van der Waals surface area (Å²) in [5.41, 5.74) is 6.09. The monoisotopic (exact) mass is 322 g/mol. The number of piperazine rings is 1. The van der Waals surface area contributed by atoms with Gasteiger partial charge >= 0.3 is 0 Å². The van der Waals surface area contributed by atoms with E-state index in [1.54, 1.807) is 23.8 Å². The predicted molar refractivity (Wildman–Crippen MR) is 99.7 cm³/mol. The van der Waals surface area contributed by atoms with Gasteiger partial charge in [-0.3, -0.25) is 4.90 Å². The molecule has 0 amide bonds.